The molecule has 3 N–H and O–H groups in total. The number of hydrogen-bond acceptors (Lipinski definition) is 4. The van der Waals surface area contributed by atoms with Crippen LogP contribution in [0.25, 0.3) is 0 Å². The lowest BCUT2D eigenvalue weighted by Gasteiger charge is -2.22. The molecule has 3 atom stereocenters. The quantitative estimate of drug-likeness (QED) is 0.751. The molecule has 4 nitrogen and oxygen atoms in total. The number of hydrogen-bond donors (Lipinski definition) is 3. The van der Waals surface area contributed by atoms with Crippen molar-refractivity contribution in [2.75, 3.05) is 6.61 Å². The molecule has 1 fully saturated rings. The molecule has 3 unspecified atom stereocenters. The highest BCUT2D eigenvalue weighted by molar-refractivity contribution is 5.40. The van der Waals surface area contributed by atoms with Gasteiger partial charge in [-0.3, -0.25) is 0 Å². The van der Waals surface area contributed by atoms with Crippen LogP contribution >= 0.6 is 0 Å². The largest absolute Gasteiger partial charge is 0.508 e. The third-order valence-corrected chi connectivity index (χ3v) is 3.32. The fraction of sp³-hybridized carbons (Fsp3) is 0.538. The number of phenolic OH excluding ortho intramolecular Hbond substituents is 2. The van der Waals surface area contributed by atoms with Gasteiger partial charge in [-0.15, -0.1) is 0 Å². The minimum atomic E-state index is 0.0322. The van der Waals surface area contributed by atoms with E-state index < -0.39 is 0 Å². The van der Waals surface area contributed by atoms with Crippen molar-refractivity contribution in [3.05, 3.63) is 23.8 Å². The van der Waals surface area contributed by atoms with E-state index in [9.17, 15) is 10.2 Å². The Labute approximate surface area is 101 Å². The second-order valence-electron chi connectivity index (χ2n) is 4.60. The molecule has 1 aromatic carbocycles. The van der Waals surface area contributed by atoms with Crippen LogP contribution in [-0.4, -0.2) is 29.0 Å². The summed E-state index contributed by atoms with van der Waals surface area (Å²) in [6.45, 7) is 4.83. The van der Waals surface area contributed by atoms with Gasteiger partial charge in [0, 0.05) is 30.3 Å². The van der Waals surface area contributed by atoms with Crippen molar-refractivity contribution in [2.45, 2.75) is 38.5 Å². The van der Waals surface area contributed by atoms with Gasteiger partial charge in [-0.1, -0.05) is 6.07 Å². The van der Waals surface area contributed by atoms with Crippen molar-refractivity contribution in [1.82, 2.24) is 5.32 Å². The van der Waals surface area contributed by atoms with Gasteiger partial charge in [0.2, 0.25) is 0 Å². The molecule has 4 heteroatoms. The number of benzene rings is 1. The van der Waals surface area contributed by atoms with Gasteiger partial charge in [0.1, 0.15) is 11.5 Å². The summed E-state index contributed by atoms with van der Waals surface area (Å²) in [7, 11) is 0. The second-order valence-corrected chi connectivity index (χ2v) is 4.60. The third kappa shape index (κ3) is 2.70. The van der Waals surface area contributed by atoms with Gasteiger partial charge in [-0.25, -0.2) is 0 Å². The normalized spacial score (nSPS) is 26.0. The van der Waals surface area contributed by atoms with Crippen molar-refractivity contribution >= 4 is 0 Å². The average molecular weight is 237 g/mol. The Hall–Kier alpha value is -1.26. The summed E-state index contributed by atoms with van der Waals surface area (Å²) < 4.78 is 5.49. The SMILES string of the molecule is CC(NC1CCOC1C)c1ccc(O)cc1O. The third-order valence-electron chi connectivity index (χ3n) is 3.32. The maximum atomic E-state index is 9.77. The first-order valence-corrected chi connectivity index (χ1v) is 5.97. The molecule has 0 aliphatic carbocycles. The van der Waals surface area contributed by atoms with E-state index in [1.54, 1.807) is 12.1 Å². The van der Waals surface area contributed by atoms with Gasteiger partial charge >= 0.3 is 0 Å². The Morgan fingerprint density at radius 1 is 1.41 bits per heavy atom. The highest BCUT2D eigenvalue weighted by atomic mass is 16.5. The van der Waals surface area contributed by atoms with Gasteiger partial charge in [0.15, 0.2) is 0 Å². The lowest BCUT2D eigenvalue weighted by Crippen LogP contribution is -2.36. The molecule has 0 bridgehead atoms. The van der Waals surface area contributed by atoms with Crippen LogP contribution in [0, 0.1) is 0 Å². The van der Waals surface area contributed by atoms with E-state index in [1.807, 2.05) is 13.8 Å². The molecule has 1 saturated heterocycles. The maximum Gasteiger partial charge on any atom is 0.124 e. The smallest absolute Gasteiger partial charge is 0.124 e. The van der Waals surface area contributed by atoms with Crippen LogP contribution < -0.4 is 5.32 Å². The lowest BCUT2D eigenvalue weighted by atomic mass is 10.0. The van der Waals surface area contributed by atoms with Crippen LogP contribution in [0.3, 0.4) is 0 Å². The summed E-state index contributed by atoms with van der Waals surface area (Å²) in [6, 6.07) is 5.04. The number of nitrogens with one attached hydrogen (secondary N) is 1. The molecular weight excluding hydrogens is 218 g/mol. The van der Waals surface area contributed by atoms with E-state index in [0.717, 1.165) is 18.6 Å². The molecule has 1 heterocycles. The zero-order valence-corrected chi connectivity index (χ0v) is 10.2. The number of phenols is 2. The van der Waals surface area contributed by atoms with Crippen molar-refractivity contribution in [3.63, 3.8) is 0 Å². The molecule has 2 rings (SSSR count). The first kappa shape index (κ1) is 12.2. The monoisotopic (exact) mass is 237 g/mol. The summed E-state index contributed by atoms with van der Waals surface area (Å²) in [6.07, 6.45) is 1.20. The predicted octanol–water partition coefficient (Wildman–Crippen LogP) is 1.93. The zero-order chi connectivity index (χ0) is 12.4. The first-order chi connectivity index (χ1) is 8.08. The van der Waals surface area contributed by atoms with E-state index in [4.69, 9.17) is 4.74 Å². The Kier molecular flexibility index (Phi) is 3.54. The van der Waals surface area contributed by atoms with E-state index in [1.165, 1.54) is 6.07 Å². The second kappa shape index (κ2) is 4.94. The number of aromatic hydroxyl groups is 2. The summed E-state index contributed by atoms with van der Waals surface area (Å²) in [5.74, 6) is 0.201. The zero-order valence-electron chi connectivity index (χ0n) is 10.2. The summed E-state index contributed by atoms with van der Waals surface area (Å²) in [5, 5.41) is 22.5. The summed E-state index contributed by atoms with van der Waals surface area (Å²) >= 11 is 0. The van der Waals surface area contributed by atoms with Gasteiger partial charge in [0.05, 0.1) is 6.10 Å². The highest BCUT2D eigenvalue weighted by Gasteiger charge is 2.26. The molecule has 1 aliphatic rings. The number of ether oxygens (including phenoxy) is 1. The number of rotatable bonds is 3. The van der Waals surface area contributed by atoms with Crippen molar-refractivity contribution in [3.8, 4) is 11.5 Å². The van der Waals surface area contributed by atoms with Gasteiger partial charge in [-0.2, -0.15) is 0 Å². The van der Waals surface area contributed by atoms with Crippen LogP contribution in [0.1, 0.15) is 31.9 Å². The Balaban J connectivity index is 2.06. The van der Waals surface area contributed by atoms with Gasteiger partial charge < -0.3 is 20.3 Å². The molecule has 1 aromatic rings. The average Bonchev–Trinajstić information content (AvgIpc) is 2.64. The molecule has 0 amide bonds. The van der Waals surface area contributed by atoms with Gasteiger partial charge in [-0.05, 0) is 26.3 Å². The molecule has 0 spiro atoms. The van der Waals surface area contributed by atoms with Crippen LogP contribution in [0.15, 0.2) is 18.2 Å². The molecule has 0 saturated carbocycles. The minimum Gasteiger partial charge on any atom is -0.508 e. The fourth-order valence-electron chi connectivity index (χ4n) is 2.26. The molecule has 0 aromatic heterocycles. The Morgan fingerprint density at radius 3 is 2.76 bits per heavy atom. The maximum absolute atomic E-state index is 9.77. The molecule has 1 aliphatic heterocycles. The minimum absolute atomic E-state index is 0.0322. The van der Waals surface area contributed by atoms with E-state index in [0.29, 0.717) is 6.04 Å². The first-order valence-electron chi connectivity index (χ1n) is 5.97. The molecule has 0 radical (unpaired) electrons. The highest BCUT2D eigenvalue weighted by Crippen LogP contribution is 2.29. The van der Waals surface area contributed by atoms with E-state index in [-0.39, 0.29) is 23.6 Å². The van der Waals surface area contributed by atoms with Crippen LogP contribution in [0.4, 0.5) is 0 Å². The summed E-state index contributed by atoms with van der Waals surface area (Å²) in [5.41, 5.74) is 0.793. The predicted molar refractivity (Wildman–Crippen MR) is 65.1 cm³/mol. The van der Waals surface area contributed by atoms with Crippen LogP contribution in [-0.2, 0) is 4.74 Å². The van der Waals surface area contributed by atoms with E-state index >= 15 is 0 Å². The Bertz CT molecular complexity index is 394. The van der Waals surface area contributed by atoms with Crippen molar-refractivity contribution < 1.29 is 14.9 Å². The van der Waals surface area contributed by atoms with Crippen LogP contribution in [0.2, 0.25) is 0 Å². The topological polar surface area (TPSA) is 61.7 Å². The van der Waals surface area contributed by atoms with Gasteiger partial charge in [0.25, 0.3) is 0 Å². The molecule has 94 valence electrons. The molecular formula is C13H19NO3. The standard InChI is InChI=1S/C13H19NO3/c1-8(14-12-5-6-17-9(12)2)11-4-3-10(15)7-13(11)16/h3-4,7-9,12,14-16H,5-6H2,1-2H3. The lowest BCUT2D eigenvalue weighted by molar-refractivity contribution is 0.111. The van der Waals surface area contributed by atoms with Crippen molar-refractivity contribution in [2.24, 2.45) is 0 Å². The van der Waals surface area contributed by atoms with Crippen molar-refractivity contribution in [1.29, 1.82) is 0 Å². The molecule has 17 heavy (non-hydrogen) atoms. The van der Waals surface area contributed by atoms with E-state index in [2.05, 4.69) is 5.32 Å². The summed E-state index contributed by atoms with van der Waals surface area (Å²) in [4.78, 5) is 0. The van der Waals surface area contributed by atoms with Crippen LogP contribution in [0.5, 0.6) is 11.5 Å². The Morgan fingerprint density at radius 2 is 2.18 bits per heavy atom. The fourth-order valence-corrected chi connectivity index (χ4v) is 2.26.